The molecule has 104 valence electrons. The summed E-state index contributed by atoms with van der Waals surface area (Å²) in [6.45, 7) is 2.40. The second-order valence-electron chi connectivity index (χ2n) is 3.70. The number of likely N-dealkylation sites (N-methyl/N-ethyl adjacent to an activating group) is 1. The number of nitrogens with zero attached hydrogens (tertiary/aromatic N) is 1. The van der Waals surface area contributed by atoms with Gasteiger partial charge in [-0.1, -0.05) is 6.92 Å². The summed E-state index contributed by atoms with van der Waals surface area (Å²) in [4.78, 5) is 21.3. The zero-order valence-electron chi connectivity index (χ0n) is 10.3. The quantitative estimate of drug-likeness (QED) is 0.576. The van der Waals surface area contributed by atoms with E-state index in [-0.39, 0.29) is 12.3 Å². The Morgan fingerprint density at radius 1 is 1.63 bits per heavy atom. The molecule has 0 aliphatic heterocycles. The second kappa shape index (κ2) is 7.05. The van der Waals surface area contributed by atoms with Gasteiger partial charge in [0.2, 0.25) is 5.91 Å². The van der Waals surface area contributed by atoms with Gasteiger partial charge in [0.05, 0.1) is 15.5 Å². The van der Waals surface area contributed by atoms with Crippen molar-refractivity contribution in [1.82, 2.24) is 5.32 Å². The molecule has 0 saturated heterocycles. The number of benzene rings is 1. The molecule has 3 N–H and O–H groups in total. The lowest BCUT2D eigenvalue weighted by Gasteiger charge is -2.15. The fourth-order valence-corrected chi connectivity index (χ4v) is 1.74. The van der Waals surface area contributed by atoms with Crippen molar-refractivity contribution in [3.05, 3.63) is 32.8 Å². The van der Waals surface area contributed by atoms with E-state index >= 15 is 0 Å². The van der Waals surface area contributed by atoms with Crippen LogP contribution in [0.25, 0.3) is 0 Å². The number of non-ortho nitro benzene ring substituents is 1. The van der Waals surface area contributed by atoms with E-state index in [2.05, 4.69) is 21.2 Å². The maximum Gasteiger partial charge on any atom is 0.273 e. The van der Waals surface area contributed by atoms with Gasteiger partial charge in [-0.25, -0.2) is 0 Å². The second-order valence-corrected chi connectivity index (χ2v) is 4.55. The number of nitrogens with one attached hydrogen (secondary N) is 1. The van der Waals surface area contributed by atoms with Crippen LogP contribution in [0.1, 0.15) is 6.92 Å². The van der Waals surface area contributed by atoms with Gasteiger partial charge in [0.1, 0.15) is 18.4 Å². The molecule has 8 heteroatoms. The molecule has 1 aromatic rings. The molecule has 1 amide bonds. The van der Waals surface area contributed by atoms with Gasteiger partial charge in [-0.2, -0.15) is 0 Å². The minimum atomic E-state index is -0.642. The highest BCUT2D eigenvalue weighted by Gasteiger charge is 2.16. The molecule has 1 rings (SSSR count). The van der Waals surface area contributed by atoms with Crippen molar-refractivity contribution in [3.63, 3.8) is 0 Å². The van der Waals surface area contributed by atoms with Gasteiger partial charge < -0.3 is 15.8 Å². The SMILES string of the molecule is CCNC(COc1cc([N+](=O)[O-])ccc1Br)C(N)=O. The van der Waals surface area contributed by atoms with Gasteiger partial charge in [-0.15, -0.1) is 0 Å². The third-order valence-electron chi connectivity index (χ3n) is 2.33. The van der Waals surface area contributed by atoms with Crippen LogP contribution in [0, 0.1) is 10.1 Å². The van der Waals surface area contributed by atoms with E-state index in [1.165, 1.54) is 18.2 Å². The number of nitro benzene ring substituents is 1. The van der Waals surface area contributed by atoms with Crippen molar-refractivity contribution in [3.8, 4) is 5.75 Å². The van der Waals surface area contributed by atoms with Crippen LogP contribution in [0.3, 0.4) is 0 Å². The first-order valence-corrected chi connectivity index (χ1v) is 6.34. The summed E-state index contributed by atoms with van der Waals surface area (Å²) >= 11 is 3.22. The largest absolute Gasteiger partial charge is 0.490 e. The molecule has 1 aromatic carbocycles. The number of hydrogen-bond donors (Lipinski definition) is 2. The molecule has 0 radical (unpaired) electrons. The van der Waals surface area contributed by atoms with Crippen LogP contribution in [0.15, 0.2) is 22.7 Å². The summed E-state index contributed by atoms with van der Waals surface area (Å²) in [6.07, 6.45) is 0. The zero-order chi connectivity index (χ0) is 14.4. The number of carbonyl (C=O) groups is 1. The Labute approximate surface area is 118 Å². The highest BCUT2D eigenvalue weighted by Crippen LogP contribution is 2.29. The Hall–Kier alpha value is -1.67. The average Bonchev–Trinajstić information content (AvgIpc) is 2.35. The molecule has 19 heavy (non-hydrogen) atoms. The van der Waals surface area contributed by atoms with Gasteiger partial charge in [0, 0.05) is 6.07 Å². The van der Waals surface area contributed by atoms with Crippen LogP contribution in [-0.2, 0) is 4.79 Å². The molecule has 0 aromatic heterocycles. The van der Waals surface area contributed by atoms with Crippen LogP contribution in [0.5, 0.6) is 5.75 Å². The lowest BCUT2D eigenvalue weighted by Crippen LogP contribution is -2.45. The van der Waals surface area contributed by atoms with Crippen LogP contribution >= 0.6 is 15.9 Å². The molecule has 0 spiro atoms. The predicted octanol–water partition coefficient (Wildman–Crippen LogP) is 1.20. The van der Waals surface area contributed by atoms with Crippen LogP contribution in [-0.4, -0.2) is 30.0 Å². The lowest BCUT2D eigenvalue weighted by molar-refractivity contribution is -0.385. The molecule has 7 nitrogen and oxygen atoms in total. The molecule has 0 aliphatic carbocycles. The summed E-state index contributed by atoms with van der Waals surface area (Å²) in [5.41, 5.74) is 5.12. The van der Waals surface area contributed by atoms with E-state index in [0.29, 0.717) is 16.8 Å². The number of primary amides is 1. The molecule has 1 unspecified atom stereocenters. The molecular weight excluding hydrogens is 318 g/mol. The summed E-state index contributed by atoms with van der Waals surface area (Å²) in [5.74, 6) is -0.248. The first kappa shape index (κ1) is 15.4. The number of ether oxygens (including phenoxy) is 1. The topological polar surface area (TPSA) is 107 Å². The summed E-state index contributed by atoms with van der Waals surface area (Å²) in [6, 6.07) is 3.51. The molecule has 0 saturated carbocycles. The number of amides is 1. The summed E-state index contributed by atoms with van der Waals surface area (Å²) < 4.78 is 5.96. The Bertz CT molecular complexity index is 481. The molecule has 0 heterocycles. The number of hydrogen-bond acceptors (Lipinski definition) is 5. The average molecular weight is 332 g/mol. The number of carbonyl (C=O) groups excluding carboxylic acids is 1. The zero-order valence-corrected chi connectivity index (χ0v) is 11.8. The van der Waals surface area contributed by atoms with Crippen molar-refractivity contribution < 1.29 is 14.5 Å². The van der Waals surface area contributed by atoms with Gasteiger partial charge in [-0.3, -0.25) is 14.9 Å². The number of rotatable bonds is 7. The number of halogens is 1. The maximum absolute atomic E-state index is 11.1. The third kappa shape index (κ3) is 4.49. The summed E-state index contributed by atoms with van der Waals surface area (Å²) in [5, 5.41) is 13.5. The van der Waals surface area contributed by atoms with E-state index in [1.807, 2.05) is 6.92 Å². The predicted molar refractivity (Wildman–Crippen MR) is 73.0 cm³/mol. The summed E-state index contributed by atoms with van der Waals surface area (Å²) in [7, 11) is 0. The minimum Gasteiger partial charge on any atom is -0.490 e. The van der Waals surface area contributed by atoms with E-state index < -0.39 is 16.9 Å². The first-order valence-electron chi connectivity index (χ1n) is 5.55. The van der Waals surface area contributed by atoms with Crippen LogP contribution in [0.2, 0.25) is 0 Å². The van der Waals surface area contributed by atoms with E-state index in [4.69, 9.17) is 10.5 Å². The molecule has 1 atom stereocenters. The van der Waals surface area contributed by atoms with Crippen molar-refractivity contribution >= 4 is 27.5 Å². The van der Waals surface area contributed by atoms with Crippen molar-refractivity contribution in [2.45, 2.75) is 13.0 Å². The van der Waals surface area contributed by atoms with E-state index in [1.54, 1.807) is 0 Å². The third-order valence-corrected chi connectivity index (χ3v) is 2.98. The highest BCUT2D eigenvalue weighted by atomic mass is 79.9. The van der Waals surface area contributed by atoms with Gasteiger partial charge >= 0.3 is 0 Å². The standard InChI is InChI=1S/C11H14BrN3O4/c1-2-14-9(11(13)16)6-19-10-5-7(15(17)18)3-4-8(10)12/h3-5,9,14H,2,6H2,1H3,(H2,13,16). The Balaban J connectivity index is 2.78. The van der Waals surface area contributed by atoms with Gasteiger partial charge in [-0.05, 0) is 28.5 Å². The first-order chi connectivity index (χ1) is 8.95. The Kier molecular flexibility index (Phi) is 5.71. The number of nitrogens with two attached hydrogens (primary N) is 1. The van der Waals surface area contributed by atoms with Gasteiger partial charge in [0.25, 0.3) is 5.69 Å². The lowest BCUT2D eigenvalue weighted by atomic mass is 10.3. The van der Waals surface area contributed by atoms with E-state index in [9.17, 15) is 14.9 Å². The maximum atomic E-state index is 11.1. The normalized spacial score (nSPS) is 11.9. The minimum absolute atomic E-state index is 0.00292. The molecule has 0 aliphatic rings. The monoisotopic (exact) mass is 331 g/mol. The molecule has 0 fully saturated rings. The van der Waals surface area contributed by atoms with Crippen LogP contribution < -0.4 is 15.8 Å². The fourth-order valence-electron chi connectivity index (χ4n) is 1.38. The smallest absolute Gasteiger partial charge is 0.273 e. The van der Waals surface area contributed by atoms with E-state index in [0.717, 1.165) is 0 Å². The Morgan fingerprint density at radius 2 is 2.32 bits per heavy atom. The fraction of sp³-hybridized carbons (Fsp3) is 0.364. The molecule has 0 bridgehead atoms. The molecular formula is C11H14BrN3O4. The highest BCUT2D eigenvalue weighted by molar-refractivity contribution is 9.10. The van der Waals surface area contributed by atoms with Gasteiger partial charge in [0.15, 0.2) is 0 Å². The number of nitro groups is 1. The van der Waals surface area contributed by atoms with Crippen LogP contribution in [0.4, 0.5) is 5.69 Å². The van der Waals surface area contributed by atoms with Crippen molar-refractivity contribution in [1.29, 1.82) is 0 Å². The van der Waals surface area contributed by atoms with Crippen molar-refractivity contribution in [2.75, 3.05) is 13.2 Å². The van der Waals surface area contributed by atoms with Crippen molar-refractivity contribution in [2.24, 2.45) is 5.73 Å². The Morgan fingerprint density at radius 3 is 2.84 bits per heavy atom.